The predicted octanol–water partition coefficient (Wildman–Crippen LogP) is 3.69. The van der Waals surface area contributed by atoms with Gasteiger partial charge in [-0.3, -0.25) is 0 Å². The van der Waals surface area contributed by atoms with Gasteiger partial charge in [0.2, 0.25) is 0 Å². The minimum atomic E-state index is 0.491. The molecule has 0 aromatic carbocycles. The average Bonchev–Trinajstić information content (AvgIpc) is 2.70. The fourth-order valence-corrected chi connectivity index (χ4v) is 3.68. The van der Waals surface area contributed by atoms with E-state index in [9.17, 15) is 0 Å². The first-order chi connectivity index (χ1) is 10.2. The average molecular weight is 299 g/mol. The van der Waals surface area contributed by atoms with Gasteiger partial charge in [-0.2, -0.15) is 0 Å². The predicted molar refractivity (Wildman–Crippen MR) is 91.9 cm³/mol. The second-order valence-corrected chi connectivity index (χ2v) is 7.03. The Morgan fingerprint density at radius 3 is 2.43 bits per heavy atom. The molecule has 3 nitrogen and oxygen atoms in total. The molecule has 0 saturated heterocycles. The van der Waals surface area contributed by atoms with Gasteiger partial charge in [0.1, 0.15) is 0 Å². The van der Waals surface area contributed by atoms with Gasteiger partial charge in [0.05, 0.1) is 6.61 Å². The third-order valence-corrected chi connectivity index (χ3v) is 4.90. The standard InChI is InChI=1S/C18H38N2O/c1-4-5-10-14-20(2)17-18(16-19-13-15-21-3)11-8-6-7-9-12-18/h19H,4-17H2,1-3H3. The maximum absolute atomic E-state index is 5.16. The molecule has 0 heterocycles. The van der Waals surface area contributed by atoms with Crippen LogP contribution in [0, 0.1) is 5.41 Å². The van der Waals surface area contributed by atoms with Crippen LogP contribution in [0.4, 0.5) is 0 Å². The van der Waals surface area contributed by atoms with E-state index in [4.69, 9.17) is 4.74 Å². The highest BCUT2D eigenvalue weighted by molar-refractivity contribution is 4.86. The molecule has 1 fully saturated rings. The molecule has 1 saturated carbocycles. The molecular weight excluding hydrogens is 260 g/mol. The lowest BCUT2D eigenvalue weighted by Crippen LogP contribution is -2.43. The maximum atomic E-state index is 5.16. The molecule has 21 heavy (non-hydrogen) atoms. The minimum Gasteiger partial charge on any atom is -0.383 e. The lowest BCUT2D eigenvalue weighted by molar-refractivity contribution is 0.137. The fraction of sp³-hybridized carbons (Fsp3) is 1.00. The number of hydrogen-bond acceptors (Lipinski definition) is 3. The molecule has 1 aliphatic carbocycles. The van der Waals surface area contributed by atoms with Crippen LogP contribution in [0.25, 0.3) is 0 Å². The lowest BCUT2D eigenvalue weighted by Gasteiger charge is -2.37. The molecule has 1 N–H and O–H groups in total. The summed E-state index contributed by atoms with van der Waals surface area (Å²) in [5, 5.41) is 3.65. The zero-order valence-electron chi connectivity index (χ0n) is 14.8. The summed E-state index contributed by atoms with van der Waals surface area (Å²) in [6.45, 7) is 7.77. The van der Waals surface area contributed by atoms with E-state index >= 15 is 0 Å². The van der Waals surface area contributed by atoms with E-state index in [0.717, 1.165) is 19.7 Å². The molecule has 0 unspecified atom stereocenters. The molecule has 3 heteroatoms. The third kappa shape index (κ3) is 8.18. The van der Waals surface area contributed by atoms with Crippen molar-refractivity contribution in [2.75, 3.05) is 46.9 Å². The summed E-state index contributed by atoms with van der Waals surface area (Å²) in [5.74, 6) is 0. The number of rotatable bonds is 11. The molecule has 0 radical (unpaired) electrons. The van der Waals surface area contributed by atoms with Gasteiger partial charge in [-0.05, 0) is 38.3 Å². The summed E-state index contributed by atoms with van der Waals surface area (Å²) in [6.07, 6.45) is 12.5. The van der Waals surface area contributed by atoms with Crippen molar-refractivity contribution in [2.45, 2.75) is 64.7 Å². The Labute approximate surface area is 132 Å². The Hall–Kier alpha value is -0.120. The van der Waals surface area contributed by atoms with E-state index in [1.807, 2.05) is 0 Å². The van der Waals surface area contributed by atoms with Crippen LogP contribution >= 0.6 is 0 Å². The van der Waals surface area contributed by atoms with Gasteiger partial charge in [0.15, 0.2) is 0 Å². The number of hydrogen-bond donors (Lipinski definition) is 1. The highest BCUT2D eigenvalue weighted by Crippen LogP contribution is 2.35. The zero-order chi connectivity index (χ0) is 15.4. The highest BCUT2D eigenvalue weighted by atomic mass is 16.5. The number of methoxy groups -OCH3 is 1. The van der Waals surface area contributed by atoms with Gasteiger partial charge in [-0.1, -0.05) is 45.4 Å². The Balaban J connectivity index is 2.45. The molecule has 0 amide bonds. The quantitative estimate of drug-likeness (QED) is 0.465. The molecular formula is C18H38N2O. The van der Waals surface area contributed by atoms with E-state index in [0.29, 0.717) is 5.41 Å². The summed E-state index contributed by atoms with van der Waals surface area (Å²) in [7, 11) is 4.10. The summed E-state index contributed by atoms with van der Waals surface area (Å²) >= 11 is 0. The molecule has 1 aliphatic rings. The first-order valence-electron chi connectivity index (χ1n) is 9.11. The number of unbranched alkanes of at least 4 members (excludes halogenated alkanes) is 2. The first kappa shape index (κ1) is 18.9. The van der Waals surface area contributed by atoms with Crippen molar-refractivity contribution in [1.82, 2.24) is 10.2 Å². The van der Waals surface area contributed by atoms with E-state index in [1.54, 1.807) is 7.11 Å². The minimum absolute atomic E-state index is 0.491. The summed E-state index contributed by atoms with van der Waals surface area (Å²) in [6, 6.07) is 0. The van der Waals surface area contributed by atoms with Gasteiger partial charge >= 0.3 is 0 Å². The van der Waals surface area contributed by atoms with Crippen LogP contribution < -0.4 is 5.32 Å². The van der Waals surface area contributed by atoms with Crippen molar-refractivity contribution < 1.29 is 4.74 Å². The van der Waals surface area contributed by atoms with E-state index < -0.39 is 0 Å². The van der Waals surface area contributed by atoms with Crippen molar-refractivity contribution >= 4 is 0 Å². The van der Waals surface area contributed by atoms with Crippen LogP contribution in [0.15, 0.2) is 0 Å². The van der Waals surface area contributed by atoms with Crippen LogP contribution in [0.3, 0.4) is 0 Å². The van der Waals surface area contributed by atoms with Crippen LogP contribution in [-0.4, -0.2) is 51.8 Å². The second-order valence-electron chi connectivity index (χ2n) is 7.03. The third-order valence-electron chi connectivity index (χ3n) is 4.90. The fourth-order valence-electron chi connectivity index (χ4n) is 3.68. The summed E-state index contributed by atoms with van der Waals surface area (Å²) in [5.41, 5.74) is 0.491. The monoisotopic (exact) mass is 298 g/mol. The van der Waals surface area contributed by atoms with Crippen molar-refractivity contribution in [3.8, 4) is 0 Å². The lowest BCUT2D eigenvalue weighted by atomic mass is 9.79. The first-order valence-corrected chi connectivity index (χ1v) is 9.11. The van der Waals surface area contributed by atoms with Gasteiger partial charge in [0.25, 0.3) is 0 Å². The molecule has 0 atom stereocenters. The van der Waals surface area contributed by atoms with Crippen LogP contribution in [0.1, 0.15) is 64.7 Å². The van der Waals surface area contributed by atoms with Crippen molar-refractivity contribution in [1.29, 1.82) is 0 Å². The Bertz CT molecular complexity index is 237. The van der Waals surface area contributed by atoms with Gasteiger partial charge in [-0.25, -0.2) is 0 Å². The normalized spacial score (nSPS) is 18.9. The SMILES string of the molecule is CCCCCN(C)CC1(CNCCOC)CCCCCC1. The second kappa shape index (κ2) is 11.4. The maximum Gasteiger partial charge on any atom is 0.0587 e. The largest absolute Gasteiger partial charge is 0.383 e. The Morgan fingerprint density at radius 1 is 1.10 bits per heavy atom. The summed E-state index contributed by atoms with van der Waals surface area (Å²) < 4.78 is 5.16. The van der Waals surface area contributed by atoms with Gasteiger partial charge in [0, 0.05) is 26.7 Å². The van der Waals surface area contributed by atoms with Crippen molar-refractivity contribution in [2.24, 2.45) is 5.41 Å². The van der Waals surface area contributed by atoms with E-state index in [2.05, 4.69) is 24.2 Å². The Kier molecular flexibility index (Phi) is 10.3. The number of nitrogens with one attached hydrogen (secondary N) is 1. The molecule has 0 aliphatic heterocycles. The van der Waals surface area contributed by atoms with Crippen molar-refractivity contribution in [3.63, 3.8) is 0 Å². The van der Waals surface area contributed by atoms with Gasteiger partial charge < -0.3 is 15.0 Å². The zero-order valence-corrected chi connectivity index (χ0v) is 14.8. The van der Waals surface area contributed by atoms with E-state index in [-0.39, 0.29) is 0 Å². The highest BCUT2D eigenvalue weighted by Gasteiger charge is 2.31. The van der Waals surface area contributed by atoms with E-state index in [1.165, 1.54) is 70.9 Å². The van der Waals surface area contributed by atoms with Crippen LogP contribution in [-0.2, 0) is 4.74 Å². The molecule has 0 spiro atoms. The van der Waals surface area contributed by atoms with Gasteiger partial charge in [-0.15, -0.1) is 0 Å². The molecule has 126 valence electrons. The number of ether oxygens (including phenoxy) is 1. The number of nitrogens with zero attached hydrogens (tertiary/aromatic N) is 1. The molecule has 0 bridgehead atoms. The van der Waals surface area contributed by atoms with Crippen LogP contribution in [0.5, 0.6) is 0 Å². The molecule has 0 aromatic rings. The summed E-state index contributed by atoms with van der Waals surface area (Å²) in [4.78, 5) is 2.58. The molecule has 1 rings (SSSR count). The smallest absolute Gasteiger partial charge is 0.0587 e. The topological polar surface area (TPSA) is 24.5 Å². The van der Waals surface area contributed by atoms with Crippen molar-refractivity contribution in [3.05, 3.63) is 0 Å². The Morgan fingerprint density at radius 2 is 1.81 bits per heavy atom. The van der Waals surface area contributed by atoms with Crippen LogP contribution in [0.2, 0.25) is 0 Å². The molecule has 0 aromatic heterocycles.